The number of para-hydroxylation sites is 1. The maximum absolute atomic E-state index is 12.5. The first-order chi connectivity index (χ1) is 12.1. The number of amides is 2. The average molecular weight is 362 g/mol. The van der Waals surface area contributed by atoms with E-state index >= 15 is 0 Å². The van der Waals surface area contributed by atoms with Crippen molar-refractivity contribution in [1.82, 2.24) is 4.90 Å². The Balaban J connectivity index is 1.53. The van der Waals surface area contributed by atoms with Crippen LogP contribution in [0.4, 0.5) is 5.69 Å². The van der Waals surface area contributed by atoms with Crippen LogP contribution in [0.25, 0.3) is 0 Å². The molecule has 1 aromatic carbocycles. The zero-order valence-corrected chi connectivity index (χ0v) is 15.4. The molecule has 0 radical (unpaired) electrons. The van der Waals surface area contributed by atoms with E-state index in [9.17, 15) is 9.59 Å². The molecule has 2 aliphatic rings. The highest BCUT2D eigenvalue weighted by Crippen LogP contribution is 2.36. The number of thioether (sulfide) groups is 1. The van der Waals surface area contributed by atoms with Crippen LogP contribution in [0.5, 0.6) is 0 Å². The molecule has 1 saturated carbocycles. The minimum Gasteiger partial charge on any atom is -0.369 e. The Kier molecular flexibility index (Phi) is 6.37. The van der Waals surface area contributed by atoms with Crippen molar-refractivity contribution < 1.29 is 9.59 Å². The lowest BCUT2D eigenvalue weighted by molar-refractivity contribution is -0.118. The smallest absolute Gasteiger partial charge is 0.238 e. The van der Waals surface area contributed by atoms with E-state index in [0.29, 0.717) is 6.54 Å². The van der Waals surface area contributed by atoms with Crippen molar-refractivity contribution in [3.8, 4) is 0 Å². The summed E-state index contributed by atoms with van der Waals surface area (Å²) < 4.78 is 0. The highest BCUT2D eigenvalue weighted by Gasteiger charge is 2.31. The van der Waals surface area contributed by atoms with Crippen LogP contribution in [-0.4, -0.2) is 42.1 Å². The number of piperidine rings is 1. The van der Waals surface area contributed by atoms with Crippen LogP contribution in [-0.2, 0) is 9.59 Å². The van der Waals surface area contributed by atoms with E-state index in [1.54, 1.807) is 0 Å². The second kappa shape index (κ2) is 8.72. The number of carbonyl (C=O) groups is 2. The van der Waals surface area contributed by atoms with Gasteiger partial charge in [-0.3, -0.25) is 14.5 Å². The first-order valence-corrected chi connectivity index (χ1v) is 10.1. The Hall–Kier alpha value is -1.53. The van der Waals surface area contributed by atoms with Crippen molar-refractivity contribution >= 4 is 29.3 Å². The molecule has 2 amide bonds. The SMILES string of the molecule is NC(=O)CSc1ccccc1NC(=O)CN1CC[C@@H]2CCCC[C@@H]2C1. The standard InChI is InChI=1S/C19H27N3O2S/c20-18(23)13-25-17-8-4-3-7-16(17)21-19(24)12-22-10-9-14-5-1-2-6-15(14)11-22/h3-4,7-8,14-15H,1-2,5-6,9-13H2,(H2,20,23)(H,21,24)/t14-,15+/m0/s1. The lowest BCUT2D eigenvalue weighted by atomic mass is 9.75. The maximum atomic E-state index is 12.5. The molecule has 1 saturated heterocycles. The Morgan fingerprint density at radius 1 is 1.16 bits per heavy atom. The summed E-state index contributed by atoms with van der Waals surface area (Å²) in [5, 5.41) is 3.00. The van der Waals surface area contributed by atoms with E-state index in [0.717, 1.165) is 35.5 Å². The van der Waals surface area contributed by atoms with E-state index in [-0.39, 0.29) is 17.6 Å². The van der Waals surface area contributed by atoms with Gasteiger partial charge in [0.1, 0.15) is 0 Å². The van der Waals surface area contributed by atoms with Crippen LogP contribution in [0, 0.1) is 11.8 Å². The highest BCUT2D eigenvalue weighted by molar-refractivity contribution is 8.00. The molecule has 5 nitrogen and oxygen atoms in total. The summed E-state index contributed by atoms with van der Waals surface area (Å²) in [7, 11) is 0. The first-order valence-electron chi connectivity index (χ1n) is 9.14. The molecule has 2 atom stereocenters. The van der Waals surface area contributed by atoms with Crippen molar-refractivity contribution in [3.05, 3.63) is 24.3 Å². The third kappa shape index (κ3) is 5.22. The molecule has 25 heavy (non-hydrogen) atoms. The summed E-state index contributed by atoms with van der Waals surface area (Å²) in [6, 6.07) is 7.55. The minimum atomic E-state index is -0.360. The van der Waals surface area contributed by atoms with E-state index in [4.69, 9.17) is 5.73 Å². The molecule has 1 aromatic rings. The van der Waals surface area contributed by atoms with Crippen molar-refractivity contribution in [1.29, 1.82) is 0 Å². The summed E-state index contributed by atoms with van der Waals surface area (Å²) in [5.74, 6) is 1.51. The van der Waals surface area contributed by atoms with Gasteiger partial charge in [-0.15, -0.1) is 11.8 Å². The normalized spacial score (nSPS) is 23.7. The van der Waals surface area contributed by atoms with Gasteiger partial charge in [0.2, 0.25) is 11.8 Å². The number of fused-ring (bicyclic) bond motifs is 1. The monoisotopic (exact) mass is 361 g/mol. The summed E-state index contributed by atoms with van der Waals surface area (Å²) in [4.78, 5) is 26.6. The number of benzene rings is 1. The van der Waals surface area contributed by atoms with E-state index in [1.165, 1.54) is 43.9 Å². The number of carbonyl (C=O) groups excluding carboxylic acids is 2. The van der Waals surface area contributed by atoms with Gasteiger partial charge in [-0.1, -0.05) is 31.4 Å². The Bertz CT molecular complexity index is 622. The minimum absolute atomic E-state index is 0.0152. The molecule has 1 heterocycles. The average Bonchev–Trinajstić information content (AvgIpc) is 2.60. The molecule has 0 bridgehead atoms. The van der Waals surface area contributed by atoms with Gasteiger partial charge >= 0.3 is 0 Å². The van der Waals surface area contributed by atoms with Gasteiger partial charge in [-0.2, -0.15) is 0 Å². The molecule has 1 aliphatic carbocycles. The second-order valence-electron chi connectivity index (χ2n) is 7.13. The number of hydrogen-bond acceptors (Lipinski definition) is 4. The number of nitrogens with two attached hydrogens (primary N) is 1. The topological polar surface area (TPSA) is 75.4 Å². The van der Waals surface area contributed by atoms with Crippen molar-refractivity contribution in [2.75, 3.05) is 30.7 Å². The molecule has 2 fully saturated rings. The number of primary amides is 1. The van der Waals surface area contributed by atoms with Gasteiger partial charge in [-0.25, -0.2) is 0 Å². The summed E-state index contributed by atoms with van der Waals surface area (Å²) >= 11 is 1.36. The highest BCUT2D eigenvalue weighted by atomic mass is 32.2. The molecular weight excluding hydrogens is 334 g/mol. The van der Waals surface area contributed by atoms with Gasteiger partial charge < -0.3 is 11.1 Å². The number of nitrogens with zero attached hydrogens (tertiary/aromatic N) is 1. The van der Waals surface area contributed by atoms with E-state index in [2.05, 4.69) is 10.2 Å². The largest absolute Gasteiger partial charge is 0.369 e. The van der Waals surface area contributed by atoms with Crippen LogP contribution in [0.15, 0.2) is 29.2 Å². The van der Waals surface area contributed by atoms with Crippen molar-refractivity contribution in [3.63, 3.8) is 0 Å². The van der Waals surface area contributed by atoms with E-state index < -0.39 is 0 Å². The fourth-order valence-corrected chi connectivity index (χ4v) is 4.80. The molecule has 136 valence electrons. The molecule has 1 aliphatic heterocycles. The van der Waals surface area contributed by atoms with Crippen molar-refractivity contribution in [2.45, 2.75) is 37.0 Å². The van der Waals surface area contributed by atoms with Crippen LogP contribution >= 0.6 is 11.8 Å². The lowest BCUT2D eigenvalue weighted by Crippen LogP contribution is -2.44. The molecule has 3 N–H and O–H groups in total. The predicted octanol–water partition coefficient (Wildman–Crippen LogP) is 2.71. The van der Waals surface area contributed by atoms with E-state index in [1.807, 2.05) is 24.3 Å². The van der Waals surface area contributed by atoms with Gasteiger partial charge in [0.15, 0.2) is 0 Å². The summed E-state index contributed by atoms with van der Waals surface area (Å²) in [6.45, 7) is 2.51. The third-order valence-corrected chi connectivity index (χ3v) is 6.37. The molecular formula is C19H27N3O2S. The quantitative estimate of drug-likeness (QED) is 0.764. The summed E-state index contributed by atoms with van der Waals surface area (Å²) in [6.07, 6.45) is 6.63. The zero-order chi connectivity index (χ0) is 17.6. The fraction of sp³-hybridized carbons (Fsp3) is 0.579. The third-order valence-electron chi connectivity index (χ3n) is 5.27. The zero-order valence-electron chi connectivity index (χ0n) is 14.6. The predicted molar refractivity (Wildman–Crippen MR) is 101 cm³/mol. The number of likely N-dealkylation sites (tertiary alicyclic amines) is 1. The van der Waals surface area contributed by atoms with Gasteiger partial charge in [0, 0.05) is 11.4 Å². The van der Waals surface area contributed by atoms with Crippen LogP contribution in [0.3, 0.4) is 0 Å². The van der Waals surface area contributed by atoms with Crippen LogP contribution in [0.2, 0.25) is 0 Å². The maximum Gasteiger partial charge on any atom is 0.238 e. The number of hydrogen-bond donors (Lipinski definition) is 2. The second-order valence-corrected chi connectivity index (χ2v) is 8.14. The fourth-order valence-electron chi connectivity index (χ4n) is 4.06. The number of nitrogens with one attached hydrogen (secondary N) is 1. The van der Waals surface area contributed by atoms with Gasteiger partial charge in [-0.05, 0) is 43.4 Å². The number of rotatable bonds is 6. The lowest BCUT2D eigenvalue weighted by Gasteiger charge is -2.41. The molecule has 0 unspecified atom stereocenters. The molecule has 0 aromatic heterocycles. The van der Waals surface area contributed by atoms with Gasteiger partial charge in [0.25, 0.3) is 0 Å². The Morgan fingerprint density at radius 3 is 2.72 bits per heavy atom. The molecule has 0 spiro atoms. The van der Waals surface area contributed by atoms with Crippen LogP contribution < -0.4 is 11.1 Å². The Morgan fingerprint density at radius 2 is 1.92 bits per heavy atom. The van der Waals surface area contributed by atoms with Crippen LogP contribution in [0.1, 0.15) is 32.1 Å². The molecule has 6 heteroatoms. The summed E-state index contributed by atoms with van der Waals surface area (Å²) in [5.41, 5.74) is 5.97. The van der Waals surface area contributed by atoms with Crippen molar-refractivity contribution in [2.24, 2.45) is 17.6 Å². The van der Waals surface area contributed by atoms with Gasteiger partial charge in [0.05, 0.1) is 18.0 Å². The number of anilines is 1. The molecule has 3 rings (SSSR count). The Labute approximate surface area is 153 Å². The first kappa shape index (κ1) is 18.3.